The van der Waals surface area contributed by atoms with Gasteiger partial charge in [-0.25, -0.2) is 0 Å². The van der Waals surface area contributed by atoms with Gasteiger partial charge in [-0.3, -0.25) is 0 Å². The van der Waals surface area contributed by atoms with Crippen LogP contribution in [0.4, 0.5) is 0 Å². The number of benzene rings is 1. The molecule has 1 rings (SSSR count). The van der Waals surface area contributed by atoms with Crippen molar-refractivity contribution in [1.29, 1.82) is 10.5 Å². The van der Waals surface area contributed by atoms with Gasteiger partial charge >= 0.3 is 0 Å². The van der Waals surface area contributed by atoms with Crippen molar-refractivity contribution in [2.75, 3.05) is 13.2 Å². The maximum atomic E-state index is 9.36. The van der Waals surface area contributed by atoms with Crippen molar-refractivity contribution in [3.05, 3.63) is 22.3 Å². The second-order valence-electron chi connectivity index (χ2n) is 5.29. The summed E-state index contributed by atoms with van der Waals surface area (Å²) in [4.78, 5) is 0. The van der Waals surface area contributed by atoms with Crippen LogP contribution < -0.4 is 9.47 Å². The molecule has 0 aromatic heterocycles. The van der Waals surface area contributed by atoms with E-state index in [2.05, 4.69) is 26.0 Å². The zero-order valence-corrected chi connectivity index (χ0v) is 14.0. The van der Waals surface area contributed by atoms with Crippen molar-refractivity contribution >= 4 is 0 Å². The lowest BCUT2D eigenvalue weighted by Gasteiger charge is -2.19. The van der Waals surface area contributed by atoms with E-state index >= 15 is 0 Å². The molecular weight excluding hydrogens is 276 g/mol. The van der Waals surface area contributed by atoms with Crippen LogP contribution in [0.5, 0.6) is 11.5 Å². The molecule has 0 atom stereocenters. The Labute approximate surface area is 133 Å². The fourth-order valence-corrected chi connectivity index (χ4v) is 2.21. The Kier molecular flexibility index (Phi) is 7.26. The summed E-state index contributed by atoms with van der Waals surface area (Å²) in [5.74, 6) is 1.22. The fourth-order valence-electron chi connectivity index (χ4n) is 2.21. The fraction of sp³-hybridized carbons (Fsp3) is 0.556. The highest BCUT2D eigenvalue weighted by atomic mass is 16.5. The first-order valence-electron chi connectivity index (χ1n) is 7.85. The lowest BCUT2D eigenvalue weighted by Crippen LogP contribution is -2.08. The Bertz CT molecular complexity index is 542. The molecule has 0 bridgehead atoms. The van der Waals surface area contributed by atoms with Crippen molar-refractivity contribution in [2.24, 2.45) is 0 Å². The molecule has 4 heteroatoms. The Hall–Kier alpha value is -2.20. The molecule has 0 N–H and O–H groups in total. The maximum absolute atomic E-state index is 9.36. The molecule has 22 heavy (non-hydrogen) atoms. The standard InChI is InChI=1S/C18H24N2O2/c1-5-7-9-21-17-13(3)15(11-19)16(12-20)14(4)18(17)22-10-8-6-2/h5-10H2,1-4H3. The molecule has 0 heterocycles. The number of rotatable bonds is 8. The molecule has 0 aliphatic heterocycles. The Morgan fingerprint density at radius 1 is 0.773 bits per heavy atom. The summed E-state index contributed by atoms with van der Waals surface area (Å²) in [5, 5.41) is 18.7. The number of nitrogens with zero attached hydrogens (tertiary/aromatic N) is 2. The lowest BCUT2D eigenvalue weighted by molar-refractivity contribution is 0.259. The van der Waals surface area contributed by atoms with Gasteiger partial charge in [0.25, 0.3) is 0 Å². The first-order chi connectivity index (χ1) is 10.6. The maximum Gasteiger partial charge on any atom is 0.165 e. The highest BCUT2D eigenvalue weighted by molar-refractivity contribution is 5.66. The van der Waals surface area contributed by atoms with Crippen molar-refractivity contribution in [2.45, 2.75) is 53.4 Å². The lowest BCUT2D eigenvalue weighted by atomic mass is 9.96. The van der Waals surface area contributed by atoms with Crippen molar-refractivity contribution < 1.29 is 9.47 Å². The number of ether oxygens (including phenoxy) is 2. The largest absolute Gasteiger partial charge is 0.489 e. The minimum absolute atomic E-state index is 0.384. The van der Waals surface area contributed by atoms with Crippen LogP contribution in [-0.2, 0) is 0 Å². The third-order valence-corrected chi connectivity index (χ3v) is 3.60. The van der Waals surface area contributed by atoms with Gasteiger partial charge in [0, 0.05) is 11.1 Å². The SMILES string of the molecule is CCCCOc1c(C)c(C#N)c(C#N)c(C)c1OCCCC. The van der Waals surface area contributed by atoms with E-state index in [1.807, 2.05) is 13.8 Å². The summed E-state index contributed by atoms with van der Waals surface area (Å²) in [5.41, 5.74) is 2.14. The van der Waals surface area contributed by atoms with Crippen LogP contribution >= 0.6 is 0 Å². The van der Waals surface area contributed by atoms with Gasteiger partial charge in [0.1, 0.15) is 12.1 Å². The van der Waals surface area contributed by atoms with E-state index in [4.69, 9.17) is 9.47 Å². The van der Waals surface area contributed by atoms with Crippen LogP contribution in [0.2, 0.25) is 0 Å². The van der Waals surface area contributed by atoms with Crippen LogP contribution in [-0.4, -0.2) is 13.2 Å². The molecule has 1 aromatic rings. The first kappa shape index (κ1) is 17.9. The Morgan fingerprint density at radius 3 is 1.41 bits per heavy atom. The van der Waals surface area contributed by atoms with Gasteiger partial charge in [-0.2, -0.15) is 10.5 Å². The highest BCUT2D eigenvalue weighted by Gasteiger charge is 2.22. The minimum atomic E-state index is 0.384. The molecule has 0 radical (unpaired) electrons. The number of nitriles is 2. The molecule has 0 fully saturated rings. The molecule has 0 aliphatic rings. The second-order valence-corrected chi connectivity index (χ2v) is 5.29. The normalized spacial score (nSPS) is 9.91. The van der Waals surface area contributed by atoms with E-state index in [1.54, 1.807) is 0 Å². The predicted octanol–water partition coefficient (Wildman–Crippen LogP) is 4.40. The van der Waals surface area contributed by atoms with Crippen molar-refractivity contribution in [3.8, 4) is 23.6 Å². The van der Waals surface area contributed by atoms with Crippen LogP contribution in [0, 0.1) is 36.5 Å². The second kappa shape index (κ2) is 8.95. The number of hydrogen-bond acceptors (Lipinski definition) is 4. The predicted molar refractivity (Wildman–Crippen MR) is 86.2 cm³/mol. The van der Waals surface area contributed by atoms with Gasteiger partial charge < -0.3 is 9.47 Å². The first-order valence-corrected chi connectivity index (χ1v) is 7.85. The van der Waals surface area contributed by atoms with Gasteiger partial charge in [0.05, 0.1) is 24.3 Å². The van der Waals surface area contributed by atoms with E-state index in [0.29, 0.717) is 47.0 Å². The third kappa shape index (κ3) is 3.92. The van der Waals surface area contributed by atoms with Crippen LogP contribution in [0.15, 0.2) is 0 Å². The van der Waals surface area contributed by atoms with E-state index < -0.39 is 0 Å². The monoisotopic (exact) mass is 300 g/mol. The van der Waals surface area contributed by atoms with Gasteiger partial charge in [-0.1, -0.05) is 26.7 Å². The van der Waals surface area contributed by atoms with Crippen molar-refractivity contribution in [3.63, 3.8) is 0 Å². The highest BCUT2D eigenvalue weighted by Crippen LogP contribution is 2.39. The topological polar surface area (TPSA) is 66.0 Å². The Morgan fingerprint density at radius 2 is 1.14 bits per heavy atom. The molecule has 4 nitrogen and oxygen atoms in total. The average molecular weight is 300 g/mol. The summed E-state index contributed by atoms with van der Waals surface area (Å²) >= 11 is 0. The van der Waals surface area contributed by atoms with E-state index in [-0.39, 0.29) is 0 Å². The molecule has 0 spiro atoms. The quantitative estimate of drug-likeness (QED) is 0.667. The van der Waals surface area contributed by atoms with Crippen molar-refractivity contribution in [1.82, 2.24) is 0 Å². The number of hydrogen-bond donors (Lipinski definition) is 0. The Balaban J connectivity index is 3.32. The summed E-state index contributed by atoms with van der Waals surface area (Å²) in [6, 6.07) is 4.25. The molecule has 0 amide bonds. The number of unbranched alkanes of at least 4 members (excludes halogenated alkanes) is 2. The van der Waals surface area contributed by atoms with E-state index in [9.17, 15) is 10.5 Å². The molecule has 0 saturated heterocycles. The van der Waals surface area contributed by atoms with Crippen LogP contribution in [0.25, 0.3) is 0 Å². The molecular formula is C18H24N2O2. The zero-order valence-electron chi connectivity index (χ0n) is 14.0. The summed E-state index contributed by atoms with van der Waals surface area (Å²) < 4.78 is 11.8. The van der Waals surface area contributed by atoms with E-state index in [0.717, 1.165) is 25.7 Å². The summed E-state index contributed by atoms with van der Waals surface area (Å²) in [7, 11) is 0. The molecule has 0 unspecified atom stereocenters. The van der Waals surface area contributed by atoms with Gasteiger partial charge in [-0.15, -0.1) is 0 Å². The summed E-state index contributed by atoms with van der Waals surface area (Å²) in [6.45, 7) is 8.98. The van der Waals surface area contributed by atoms with Gasteiger partial charge in [0.2, 0.25) is 0 Å². The molecule has 0 saturated carbocycles. The van der Waals surface area contributed by atoms with Crippen LogP contribution in [0.1, 0.15) is 61.8 Å². The van der Waals surface area contributed by atoms with Crippen LogP contribution in [0.3, 0.4) is 0 Å². The zero-order chi connectivity index (χ0) is 16.5. The average Bonchev–Trinajstić information content (AvgIpc) is 2.52. The molecule has 118 valence electrons. The molecule has 1 aromatic carbocycles. The summed E-state index contributed by atoms with van der Waals surface area (Å²) in [6.07, 6.45) is 3.94. The van der Waals surface area contributed by atoms with E-state index in [1.165, 1.54) is 0 Å². The minimum Gasteiger partial charge on any atom is -0.489 e. The third-order valence-electron chi connectivity index (χ3n) is 3.60. The van der Waals surface area contributed by atoms with Gasteiger partial charge in [0.15, 0.2) is 11.5 Å². The smallest absolute Gasteiger partial charge is 0.165 e. The van der Waals surface area contributed by atoms with Gasteiger partial charge in [-0.05, 0) is 26.7 Å². The molecule has 0 aliphatic carbocycles.